The van der Waals surface area contributed by atoms with Crippen LogP contribution in [0.15, 0.2) is 0 Å². The van der Waals surface area contributed by atoms with E-state index in [0.29, 0.717) is 0 Å². The van der Waals surface area contributed by atoms with E-state index in [1.807, 2.05) is 0 Å². The van der Waals surface area contributed by atoms with Gasteiger partial charge < -0.3 is 0 Å². The van der Waals surface area contributed by atoms with E-state index in [0.717, 1.165) is 5.92 Å². The maximum atomic E-state index is 3.94. The molecule has 0 spiro atoms. The highest BCUT2D eigenvalue weighted by Crippen LogP contribution is 2.22. The van der Waals surface area contributed by atoms with E-state index in [1.54, 1.807) is 0 Å². The van der Waals surface area contributed by atoms with E-state index in [4.69, 9.17) is 0 Å². The molecule has 6 heavy (non-hydrogen) atoms. The van der Waals surface area contributed by atoms with Crippen LogP contribution in [0.4, 0.5) is 0 Å². The van der Waals surface area contributed by atoms with Gasteiger partial charge in [-0.15, -0.1) is 0 Å². The molecule has 0 heteroatoms. The molecule has 0 saturated heterocycles. The first kappa shape index (κ1) is 4.17. The van der Waals surface area contributed by atoms with Crippen molar-refractivity contribution in [1.29, 1.82) is 0 Å². The molecular weight excluding hydrogens is 72.1 g/mol. The predicted octanol–water partition coefficient (Wildman–Crippen LogP) is 2.12. The molecular formula is C6H12+. The summed E-state index contributed by atoms with van der Waals surface area (Å²) in [6.45, 7) is 3.94. The average molecular weight is 84.2 g/mol. The molecule has 1 rings (SSSR count). The van der Waals surface area contributed by atoms with Crippen LogP contribution in [0, 0.1) is 12.8 Å². The highest BCUT2D eigenvalue weighted by atomic mass is 14.1. The lowest BCUT2D eigenvalue weighted by molar-refractivity contribution is 0.681. The largest absolute Gasteiger partial charge is 1.00 e. The molecule has 0 nitrogen and oxygen atoms in total. The van der Waals surface area contributed by atoms with Crippen molar-refractivity contribution in [3.8, 4) is 0 Å². The number of hydrogen-bond acceptors (Lipinski definition) is 0. The van der Waals surface area contributed by atoms with Gasteiger partial charge in [-0.2, -0.15) is 0 Å². The van der Waals surface area contributed by atoms with Crippen LogP contribution in [-0.2, 0) is 0 Å². The lowest BCUT2D eigenvalue weighted by Gasteiger charge is -1.91. The van der Waals surface area contributed by atoms with Crippen molar-refractivity contribution in [3.63, 3.8) is 0 Å². The van der Waals surface area contributed by atoms with Crippen molar-refractivity contribution in [2.24, 2.45) is 5.92 Å². The van der Waals surface area contributed by atoms with Crippen LogP contribution in [-0.4, -0.2) is 0 Å². The zero-order valence-electron chi connectivity index (χ0n) is 5.11. The molecule has 0 heterocycles. The fourth-order valence-corrected chi connectivity index (χ4v) is 1.01. The highest BCUT2D eigenvalue weighted by molar-refractivity contribution is 4.67. The van der Waals surface area contributed by atoms with E-state index in [9.17, 15) is 0 Å². The molecule has 0 bridgehead atoms. The normalized spacial score (nSPS) is 25.5. The first-order valence-corrected chi connectivity index (χ1v) is 2.72. The Kier molecular flexibility index (Phi) is 1.13. The first-order valence-electron chi connectivity index (χ1n) is 2.72. The summed E-state index contributed by atoms with van der Waals surface area (Å²) in [5, 5.41) is 0. The Morgan fingerprint density at radius 2 is 1.83 bits per heavy atom. The Bertz CT molecular complexity index is 37.4. The molecule has 1 radical (unpaired) electrons. The molecule has 1 aliphatic rings. The van der Waals surface area contributed by atoms with Gasteiger partial charge in [0.25, 0.3) is 0 Å². The minimum atomic E-state index is 0. The maximum Gasteiger partial charge on any atom is 1.00 e. The van der Waals surface area contributed by atoms with Gasteiger partial charge in [-0.1, -0.05) is 32.6 Å². The minimum Gasteiger partial charge on any atom is -0.0530 e. The first-order chi connectivity index (χ1) is 2.89. The molecule has 0 aromatic carbocycles. The Morgan fingerprint density at radius 1 is 1.33 bits per heavy atom. The fourth-order valence-electron chi connectivity index (χ4n) is 1.01. The summed E-state index contributed by atoms with van der Waals surface area (Å²) in [5.41, 5.74) is 0. The van der Waals surface area contributed by atoms with Crippen molar-refractivity contribution in [2.75, 3.05) is 0 Å². The van der Waals surface area contributed by atoms with Crippen LogP contribution in [0.25, 0.3) is 0 Å². The van der Waals surface area contributed by atoms with Gasteiger partial charge in [-0.25, -0.2) is 0 Å². The topological polar surface area (TPSA) is 0 Å². The molecule has 1 saturated carbocycles. The van der Waals surface area contributed by atoms with Gasteiger partial charge in [-0.3, -0.25) is 0 Å². The monoisotopic (exact) mass is 84.1 g/mol. The molecule has 1 fully saturated rings. The standard InChI is InChI=1S/C6H11/c1-6-4-2-3-5-6/h6H,1-5H2/p+1. The Morgan fingerprint density at radius 3 is 2.00 bits per heavy atom. The van der Waals surface area contributed by atoms with Gasteiger partial charge in [0, 0.05) is 0 Å². The third-order valence-electron chi connectivity index (χ3n) is 1.47. The maximum absolute atomic E-state index is 3.94. The van der Waals surface area contributed by atoms with Gasteiger partial charge in [-0.05, 0) is 5.92 Å². The van der Waals surface area contributed by atoms with Crippen molar-refractivity contribution in [3.05, 3.63) is 6.92 Å². The van der Waals surface area contributed by atoms with Crippen LogP contribution < -0.4 is 0 Å². The quantitative estimate of drug-likeness (QED) is 0.421. The zero-order chi connectivity index (χ0) is 4.41. The Balaban J connectivity index is 0.000000360. The van der Waals surface area contributed by atoms with E-state index >= 15 is 0 Å². The second-order valence-electron chi connectivity index (χ2n) is 2.15. The molecule has 1 aliphatic carbocycles. The molecule has 0 aromatic heterocycles. The zero-order valence-corrected chi connectivity index (χ0v) is 4.11. The molecule has 0 atom stereocenters. The minimum absolute atomic E-state index is 0. The third-order valence-corrected chi connectivity index (χ3v) is 1.47. The molecule has 0 N–H and O–H groups in total. The second-order valence-corrected chi connectivity index (χ2v) is 2.15. The summed E-state index contributed by atoms with van der Waals surface area (Å²) in [7, 11) is 0. The smallest absolute Gasteiger partial charge is 0.0530 e. The number of rotatable bonds is 0. The van der Waals surface area contributed by atoms with Gasteiger partial charge in [0.1, 0.15) is 0 Å². The lowest BCUT2D eigenvalue weighted by Crippen LogP contribution is -1.79. The van der Waals surface area contributed by atoms with Crippen LogP contribution in [0.1, 0.15) is 27.1 Å². The van der Waals surface area contributed by atoms with Crippen molar-refractivity contribution in [2.45, 2.75) is 25.7 Å². The lowest BCUT2D eigenvalue weighted by atomic mass is 10.2. The van der Waals surface area contributed by atoms with E-state index in [2.05, 4.69) is 6.92 Å². The van der Waals surface area contributed by atoms with E-state index in [-0.39, 0.29) is 1.43 Å². The van der Waals surface area contributed by atoms with Crippen LogP contribution >= 0.6 is 0 Å². The second kappa shape index (κ2) is 1.63. The van der Waals surface area contributed by atoms with Crippen molar-refractivity contribution < 1.29 is 1.43 Å². The van der Waals surface area contributed by atoms with E-state index < -0.39 is 0 Å². The molecule has 0 aromatic rings. The van der Waals surface area contributed by atoms with Gasteiger partial charge in [0.2, 0.25) is 0 Å². The SMILES string of the molecule is [CH2]C1CCCC1.[H+]. The summed E-state index contributed by atoms with van der Waals surface area (Å²) in [4.78, 5) is 0. The van der Waals surface area contributed by atoms with Crippen LogP contribution in [0.2, 0.25) is 0 Å². The number of hydrogen-bond donors (Lipinski definition) is 0. The third kappa shape index (κ3) is 0.735. The summed E-state index contributed by atoms with van der Waals surface area (Å²) in [6.07, 6.45) is 5.60. The highest BCUT2D eigenvalue weighted by Gasteiger charge is 2.07. The Hall–Kier alpha value is 0. The molecule has 0 unspecified atom stereocenters. The van der Waals surface area contributed by atoms with Gasteiger partial charge >= 0.3 is 1.43 Å². The molecule has 0 amide bonds. The predicted molar refractivity (Wildman–Crippen MR) is 28.4 cm³/mol. The van der Waals surface area contributed by atoms with Crippen molar-refractivity contribution in [1.82, 2.24) is 0 Å². The summed E-state index contributed by atoms with van der Waals surface area (Å²) in [5.74, 6) is 0.796. The fraction of sp³-hybridized carbons (Fsp3) is 0.833. The average Bonchev–Trinajstić information content (AvgIpc) is 1.86. The Labute approximate surface area is 41.0 Å². The van der Waals surface area contributed by atoms with Crippen molar-refractivity contribution >= 4 is 0 Å². The van der Waals surface area contributed by atoms with Gasteiger partial charge in [0.05, 0.1) is 0 Å². The molecule has 0 aliphatic heterocycles. The van der Waals surface area contributed by atoms with E-state index in [1.165, 1.54) is 25.7 Å². The molecule has 35 valence electrons. The summed E-state index contributed by atoms with van der Waals surface area (Å²) >= 11 is 0. The van der Waals surface area contributed by atoms with Crippen LogP contribution in [0.5, 0.6) is 0 Å². The van der Waals surface area contributed by atoms with Gasteiger partial charge in [0.15, 0.2) is 0 Å². The summed E-state index contributed by atoms with van der Waals surface area (Å²) in [6, 6.07) is 0. The van der Waals surface area contributed by atoms with Crippen LogP contribution in [0.3, 0.4) is 0 Å². The summed E-state index contributed by atoms with van der Waals surface area (Å²) < 4.78 is 0.